The van der Waals surface area contributed by atoms with Crippen molar-refractivity contribution >= 4 is 11.8 Å². The van der Waals surface area contributed by atoms with Gasteiger partial charge in [-0.25, -0.2) is 9.28 Å². The summed E-state index contributed by atoms with van der Waals surface area (Å²) in [6.07, 6.45) is 1.02. The number of hydrogen-bond donors (Lipinski definition) is 1. The number of carbonyl (C=O) groups is 2. The Morgan fingerprint density at radius 1 is 1.25 bits per heavy atom. The number of nitrogens with one attached hydrogen (secondary N) is 1. The van der Waals surface area contributed by atoms with Crippen LogP contribution in [0.1, 0.15) is 53.5 Å². The van der Waals surface area contributed by atoms with E-state index in [1.165, 1.54) is 12.5 Å². The molecule has 4 heteroatoms. The first-order valence-corrected chi connectivity index (χ1v) is 8.88. The summed E-state index contributed by atoms with van der Waals surface area (Å²) in [4.78, 5) is 24.9. The Morgan fingerprint density at radius 3 is 2.29 bits per heavy atom. The van der Waals surface area contributed by atoms with E-state index in [0.717, 1.165) is 6.42 Å². The molecule has 1 aromatic carbocycles. The van der Waals surface area contributed by atoms with E-state index in [1.807, 2.05) is 18.2 Å². The van der Waals surface area contributed by atoms with E-state index in [4.69, 9.17) is 0 Å². The summed E-state index contributed by atoms with van der Waals surface area (Å²) in [5, 5.41) is 2.80. The molecular weight excluding hydrogens is 300 g/mol. The third kappa shape index (κ3) is 2.88. The van der Waals surface area contributed by atoms with Crippen molar-refractivity contribution < 1.29 is 14.1 Å². The molecule has 1 aliphatic rings. The van der Waals surface area contributed by atoms with Gasteiger partial charge in [-0.15, -0.1) is 0 Å². The molecule has 132 valence electrons. The van der Waals surface area contributed by atoms with E-state index in [-0.39, 0.29) is 23.4 Å². The maximum Gasteiger partial charge on any atom is 0.336 e. The summed E-state index contributed by atoms with van der Waals surface area (Å²) in [6.45, 7) is 12.7. The lowest BCUT2D eigenvalue weighted by atomic mass is 9.68. The van der Waals surface area contributed by atoms with Crippen molar-refractivity contribution in [2.45, 2.75) is 72.1 Å². The number of likely N-dealkylation sites (tertiary alicyclic amines) is 1. The average molecular weight is 331 g/mol. The van der Waals surface area contributed by atoms with Gasteiger partial charge >= 0.3 is 5.91 Å². The molecule has 0 saturated carbocycles. The van der Waals surface area contributed by atoms with Gasteiger partial charge in [0, 0.05) is 18.4 Å². The van der Waals surface area contributed by atoms with Crippen LogP contribution in [0.4, 0.5) is 0 Å². The van der Waals surface area contributed by atoms with Gasteiger partial charge in [0.25, 0.3) is 0 Å². The molecule has 2 rings (SSSR count). The molecule has 1 saturated heterocycles. The van der Waals surface area contributed by atoms with Gasteiger partial charge < -0.3 is 5.32 Å². The SMILES string of the molecule is CC(=O)NC(C)C(=O)[N+]1(Cc2ccccc2)C(C)CC1(C)C(C)C. The number of nitrogens with zero attached hydrogens (tertiary/aromatic N) is 1. The van der Waals surface area contributed by atoms with Crippen molar-refractivity contribution in [1.82, 2.24) is 5.32 Å². The molecule has 0 aliphatic carbocycles. The zero-order valence-electron chi connectivity index (χ0n) is 15.8. The highest BCUT2D eigenvalue weighted by molar-refractivity contribution is 5.83. The van der Waals surface area contributed by atoms with Gasteiger partial charge in [-0.1, -0.05) is 44.2 Å². The lowest BCUT2D eigenvalue weighted by molar-refractivity contribution is -0.988. The fourth-order valence-electron chi connectivity index (χ4n) is 4.47. The van der Waals surface area contributed by atoms with Gasteiger partial charge in [-0.3, -0.25) is 4.79 Å². The van der Waals surface area contributed by atoms with Crippen LogP contribution in [0.3, 0.4) is 0 Å². The van der Waals surface area contributed by atoms with Gasteiger partial charge in [0.15, 0.2) is 0 Å². The second-order valence-electron chi connectivity index (χ2n) is 7.84. The molecule has 1 N–H and O–H groups in total. The summed E-state index contributed by atoms with van der Waals surface area (Å²) in [6, 6.07) is 9.98. The summed E-state index contributed by atoms with van der Waals surface area (Å²) in [5.74, 6) is 0.336. The topological polar surface area (TPSA) is 46.2 Å². The molecule has 1 aliphatic heterocycles. The predicted molar refractivity (Wildman–Crippen MR) is 96.0 cm³/mol. The number of hydrogen-bond acceptors (Lipinski definition) is 2. The van der Waals surface area contributed by atoms with E-state index < -0.39 is 6.04 Å². The molecular formula is C20H31N2O2+. The van der Waals surface area contributed by atoms with E-state index in [9.17, 15) is 9.59 Å². The molecule has 0 radical (unpaired) electrons. The van der Waals surface area contributed by atoms with Crippen LogP contribution in [0, 0.1) is 5.92 Å². The van der Waals surface area contributed by atoms with Crippen LogP contribution in [0.15, 0.2) is 30.3 Å². The maximum absolute atomic E-state index is 13.5. The second kappa shape index (κ2) is 6.67. The molecule has 1 heterocycles. The Labute approximate surface area is 145 Å². The Bertz CT molecular complexity index is 613. The fraction of sp³-hybridized carbons (Fsp3) is 0.600. The third-order valence-corrected chi connectivity index (χ3v) is 6.07. The zero-order chi connectivity index (χ0) is 18.1. The van der Waals surface area contributed by atoms with Gasteiger partial charge in [0.1, 0.15) is 18.1 Å². The monoisotopic (exact) mass is 331 g/mol. The molecule has 0 spiro atoms. The minimum Gasteiger partial charge on any atom is -0.341 e. The molecule has 4 atom stereocenters. The molecule has 1 fully saturated rings. The van der Waals surface area contributed by atoms with Crippen LogP contribution in [0.5, 0.6) is 0 Å². The molecule has 0 aromatic heterocycles. The Morgan fingerprint density at radius 2 is 1.83 bits per heavy atom. The molecule has 4 nitrogen and oxygen atoms in total. The molecule has 4 unspecified atom stereocenters. The molecule has 2 amide bonds. The third-order valence-electron chi connectivity index (χ3n) is 6.07. The highest BCUT2D eigenvalue weighted by Crippen LogP contribution is 2.51. The Kier molecular flexibility index (Phi) is 5.19. The first kappa shape index (κ1) is 18.7. The zero-order valence-corrected chi connectivity index (χ0v) is 15.8. The van der Waals surface area contributed by atoms with Crippen LogP contribution in [-0.2, 0) is 16.1 Å². The van der Waals surface area contributed by atoms with Gasteiger partial charge in [-0.2, -0.15) is 0 Å². The van der Waals surface area contributed by atoms with Crippen molar-refractivity contribution in [3.63, 3.8) is 0 Å². The number of quaternary nitrogens is 1. The van der Waals surface area contributed by atoms with Gasteiger partial charge in [-0.05, 0) is 20.8 Å². The van der Waals surface area contributed by atoms with Crippen LogP contribution >= 0.6 is 0 Å². The lowest BCUT2D eigenvalue weighted by Crippen LogP contribution is -2.82. The van der Waals surface area contributed by atoms with Crippen LogP contribution in [0.25, 0.3) is 0 Å². The van der Waals surface area contributed by atoms with Gasteiger partial charge in [0.05, 0.1) is 12.5 Å². The number of benzene rings is 1. The van der Waals surface area contributed by atoms with Crippen LogP contribution in [0.2, 0.25) is 0 Å². The smallest absolute Gasteiger partial charge is 0.336 e. The quantitative estimate of drug-likeness (QED) is 0.842. The largest absolute Gasteiger partial charge is 0.341 e. The highest BCUT2D eigenvalue weighted by atomic mass is 16.2. The van der Waals surface area contributed by atoms with Crippen molar-refractivity contribution in [2.24, 2.45) is 5.92 Å². The average Bonchev–Trinajstić information content (AvgIpc) is 2.51. The first-order valence-electron chi connectivity index (χ1n) is 8.88. The van der Waals surface area contributed by atoms with E-state index in [1.54, 1.807) is 6.92 Å². The van der Waals surface area contributed by atoms with Crippen LogP contribution in [-0.4, -0.2) is 33.9 Å². The number of carbonyl (C=O) groups excluding carboxylic acids is 2. The van der Waals surface area contributed by atoms with Crippen molar-refractivity contribution in [1.29, 1.82) is 0 Å². The predicted octanol–water partition coefficient (Wildman–Crippen LogP) is 3.26. The van der Waals surface area contributed by atoms with E-state index in [2.05, 4.69) is 45.1 Å². The summed E-state index contributed by atoms with van der Waals surface area (Å²) in [5.41, 5.74) is 1.05. The second-order valence-corrected chi connectivity index (χ2v) is 7.84. The fourth-order valence-corrected chi connectivity index (χ4v) is 4.47. The molecule has 24 heavy (non-hydrogen) atoms. The minimum atomic E-state index is -0.480. The van der Waals surface area contributed by atoms with Gasteiger partial charge in [0.2, 0.25) is 5.91 Å². The highest BCUT2D eigenvalue weighted by Gasteiger charge is 2.67. The summed E-state index contributed by atoms with van der Waals surface area (Å²) >= 11 is 0. The number of amides is 2. The number of rotatable bonds is 5. The minimum absolute atomic E-state index is 0.112. The van der Waals surface area contributed by atoms with E-state index in [0.29, 0.717) is 16.9 Å². The van der Waals surface area contributed by atoms with Crippen molar-refractivity contribution in [3.05, 3.63) is 35.9 Å². The normalized spacial score (nSPS) is 30.5. The molecule has 0 bridgehead atoms. The summed E-state index contributed by atoms with van der Waals surface area (Å²) < 4.78 is 0.413. The first-order chi connectivity index (χ1) is 11.1. The summed E-state index contributed by atoms with van der Waals surface area (Å²) in [7, 11) is 0. The van der Waals surface area contributed by atoms with Crippen molar-refractivity contribution in [2.75, 3.05) is 0 Å². The van der Waals surface area contributed by atoms with E-state index >= 15 is 0 Å². The van der Waals surface area contributed by atoms with Crippen LogP contribution < -0.4 is 5.32 Å². The van der Waals surface area contributed by atoms with Crippen molar-refractivity contribution in [3.8, 4) is 0 Å². The standard InChI is InChI=1S/C20H30N2O2/c1-14(2)20(6)12-15(3)22(20,13-18-10-8-7-9-11-18)19(24)16(4)21-17(5)23/h7-11,14-16H,12-13H2,1-6H3/p+1. The Balaban J connectivity index is 2.45. The Hall–Kier alpha value is -1.68. The lowest BCUT2D eigenvalue weighted by Gasteiger charge is -2.64. The maximum atomic E-state index is 13.5. The molecule has 1 aromatic rings.